The minimum Gasteiger partial charge on any atom is -0.507 e. The first-order valence-electron chi connectivity index (χ1n) is 11.1. The Bertz CT molecular complexity index is 1160. The molecule has 3 aromatic rings. The number of phenols is 1. The van der Waals surface area contributed by atoms with Crippen LogP contribution in [0.5, 0.6) is 5.75 Å². The molecule has 2 aliphatic rings. The third-order valence-electron chi connectivity index (χ3n) is 6.92. The quantitative estimate of drug-likeness (QED) is 0.562. The maximum absolute atomic E-state index is 10.5. The lowest BCUT2D eigenvalue weighted by Crippen LogP contribution is -2.54. The number of piperidine rings is 1. The molecular weight excluding hydrogens is 400 g/mol. The van der Waals surface area contributed by atoms with Crippen molar-refractivity contribution in [1.29, 1.82) is 5.26 Å². The highest BCUT2D eigenvalue weighted by Crippen LogP contribution is 2.44. The van der Waals surface area contributed by atoms with Gasteiger partial charge in [0.05, 0.1) is 11.3 Å². The number of nitrogens with zero attached hydrogens (tertiary/aromatic N) is 4. The summed E-state index contributed by atoms with van der Waals surface area (Å²) in [5.41, 5.74) is 3.10. The molecule has 0 spiro atoms. The highest BCUT2D eigenvalue weighted by atomic mass is 16.3. The largest absolute Gasteiger partial charge is 0.507 e. The van der Waals surface area contributed by atoms with Crippen LogP contribution in [0.4, 0.5) is 5.82 Å². The van der Waals surface area contributed by atoms with Gasteiger partial charge < -0.3 is 20.3 Å². The summed E-state index contributed by atoms with van der Waals surface area (Å²) >= 11 is 0. The zero-order valence-electron chi connectivity index (χ0n) is 18.5. The summed E-state index contributed by atoms with van der Waals surface area (Å²) in [6, 6.07) is 13.0. The maximum Gasteiger partial charge on any atom is 0.148 e. The Labute approximate surface area is 188 Å². The van der Waals surface area contributed by atoms with Gasteiger partial charge in [0.25, 0.3) is 0 Å². The van der Waals surface area contributed by atoms with Crippen LogP contribution in [0.2, 0.25) is 0 Å². The fraction of sp³-hybridized carbons (Fsp3) is 0.400. The van der Waals surface area contributed by atoms with Crippen molar-refractivity contribution in [2.24, 2.45) is 5.92 Å². The van der Waals surface area contributed by atoms with E-state index < -0.39 is 0 Å². The van der Waals surface area contributed by atoms with Gasteiger partial charge >= 0.3 is 0 Å². The van der Waals surface area contributed by atoms with E-state index in [4.69, 9.17) is 5.26 Å². The summed E-state index contributed by atoms with van der Waals surface area (Å²) in [6.07, 6.45) is 8.38. The molecular formula is C25H28N6O. The molecule has 2 bridgehead atoms. The molecule has 2 unspecified atom stereocenters. The van der Waals surface area contributed by atoms with Crippen molar-refractivity contribution in [3.8, 4) is 28.8 Å². The van der Waals surface area contributed by atoms with Crippen LogP contribution in [0.1, 0.15) is 45.1 Å². The van der Waals surface area contributed by atoms with E-state index in [9.17, 15) is 5.11 Å². The predicted molar refractivity (Wildman–Crippen MR) is 124 cm³/mol. The summed E-state index contributed by atoms with van der Waals surface area (Å²) in [4.78, 5) is 0. The third-order valence-corrected chi connectivity index (χ3v) is 6.92. The second kappa shape index (κ2) is 7.64. The molecule has 0 amide bonds. The smallest absolute Gasteiger partial charge is 0.148 e. The molecule has 0 saturated carbocycles. The van der Waals surface area contributed by atoms with E-state index in [1.807, 2.05) is 24.3 Å². The van der Waals surface area contributed by atoms with Crippen molar-refractivity contribution in [3.63, 3.8) is 0 Å². The molecule has 0 radical (unpaired) electrons. The lowest BCUT2D eigenvalue weighted by atomic mass is 9.80. The molecule has 4 heterocycles. The fourth-order valence-corrected chi connectivity index (χ4v) is 5.54. The number of fused-ring (bicyclic) bond motifs is 2. The van der Waals surface area contributed by atoms with Gasteiger partial charge in [-0.25, -0.2) is 0 Å². The van der Waals surface area contributed by atoms with Crippen molar-refractivity contribution in [3.05, 3.63) is 54.4 Å². The van der Waals surface area contributed by atoms with E-state index >= 15 is 0 Å². The van der Waals surface area contributed by atoms with Gasteiger partial charge in [0, 0.05) is 47.3 Å². The molecule has 0 aliphatic carbocycles. The van der Waals surface area contributed by atoms with Crippen molar-refractivity contribution in [1.82, 2.24) is 20.1 Å². The predicted octanol–water partition coefficient (Wildman–Crippen LogP) is 4.23. The highest BCUT2D eigenvalue weighted by Gasteiger charge is 2.48. The van der Waals surface area contributed by atoms with E-state index in [-0.39, 0.29) is 16.8 Å². The number of rotatable bonds is 5. The summed E-state index contributed by atoms with van der Waals surface area (Å²) in [5, 5.41) is 35.5. The minimum absolute atomic E-state index is 0.122. The summed E-state index contributed by atoms with van der Waals surface area (Å²) < 4.78 is 1.80. The Kier molecular flexibility index (Phi) is 4.90. The van der Waals surface area contributed by atoms with Gasteiger partial charge in [-0.2, -0.15) is 5.26 Å². The second-order valence-corrected chi connectivity index (χ2v) is 9.83. The molecule has 32 heavy (non-hydrogen) atoms. The van der Waals surface area contributed by atoms with E-state index in [2.05, 4.69) is 40.7 Å². The molecule has 164 valence electrons. The van der Waals surface area contributed by atoms with Gasteiger partial charge in [-0.15, -0.1) is 10.2 Å². The van der Waals surface area contributed by atoms with E-state index in [1.165, 1.54) is 25.7 Å². The molecule has 2 saturated heterocycles. The van der Waals surface area contributed by atoms with Crippen LogP contribution in [-0.4, -0.2) is 37.5 Å². The molecule has 2 atom stereocenters. The molecule has 5 rings (SSSR count). The Morgan fingerprint density at radius 3 is 2.56 bits per heavy atom. The monoisotopic (exact) mass is 428 g/mol. The van der Waals surface area contributed by atoms with Gasteiger partial charge in [-0.05, 0) is 75.8 Å². The van der Waals surface area contributed by atoms with Crippen molar-refractivity contribution in [2.45, 2.75) is 50.6 Å². The van der Waals surface area contributed by atoms with Crippen molar-refractivity contribution < 1.29 is 5.11 Å². The van der Waals surface area contributed by atoms with Crippen LogP contribution in [0, 0.1) is 17.2 Å². The Balaban J connectivity index is 1.25. The highest BCUT2D eigenvalue weighted by molar-refractivity contribution is 5.69. The zero-order valence-corrected chi connectivity index (χ0v) is 18.5. The molecule has 1 aromatic carbocycles. The first kappa shape index (κ1) is 20.5. The second-order valence-electron chi connectivity index (χ2n) is 9.83. The number of nitriles is 1. The minimum atomic E-state index is 0.122. The van der Waals surface area contributed by atoms with Gasteiger partial charge in [0.15, 0.2) is 0 Å². The number of anilines is 1. The number of hydrogen-bond acceptors (Lipinski definition) is 6. The normalized spacial score (nSPS) is 26.6. The number of hydrogen-bond donors (Lipinski definition) is 3. The van der Waals surface area contributed by atoms with Crippen LogP contribution in [0.15, 0.2) is 48.8 Å². The third kappa shape index (κ3) is 3.94. The molecule has 3 N–H and O–H groups in total. The van der Waals surface area contributed by atoms with Crippen LogP contribution in [-0.2, 0) is 0 Å². The van der Waals surface area contributed by atoms with Crippen molar-refractivity contribution in [2.75, 3.05) is 11.9 Å². The topological polar surface area (TPSA) is 98.8 Å². The lowest BCUT2D eigenvalue weighted by Gasteiger charge is -2.42. The Morgan fingerprint density at radius 2 is 1.94 bits per heavy atom. The number of benzene rings is 1. The molecule has 2 aromatic heterocycles. The number of phenolic OH excluding ortho intramolecular Hbond substituents is 1. The molecule has 7 nitrogen and oxygen atoms in total. The lowest BCUT2D eigenvalue weighted by molar-refractivity contribution is 0.178. The summed E-state index contributed by atoms with van der Waals surface area (Å²) in [5.74, 6) is 1.49. The zero-order chi connectivity index (χ0) is 22.3. The van der Waals surface area contributed by atoms with Gasteiger partial charge in [-0.1, -0.05) is 0 Å². The number of aromatic hydroxyl groups is 1. The average molecular weight is 429 g/mol. The average Bonchev–Trinajstić information content (AvgIpc) is 3.34. The van der Waals surface area contributed by atoms with E-state index in [0.717, 1.165) is 18.1 Å². The van der Waals surface area contributed by atoms with Crippen molar-refractivity contribution >= 4 is 5.82 Å². The summed E-state index contributed by atoms with van der Waals surface area (Å²) in [6.45, 7) is 5.58. The van der Waals surface area contributed by atoms with Gasteiger partial charge in [0.1, 0.15) is 17.6 Å². The standard InChI is InChI=1S/C25H28N6O/c1-24-8-9-25(2,30-24)13-18(12-24)15-27-23-6-5-21(28-29-23)20-4-3-19(11-22(20)32)31-10-7-17(14-26)16-31/h3-7,10-11,16,18,30,32H,8-9,12-13,15H2,1-2H3,(H,27,29). The number of aromatic nitrogens is 3. The Hall–Kier alpha value is -3.37. The first-order valence-corrected chi connectivity index (χ1v) is 11.1. The molecule has 2 fully saturated rings. The molecule has 2 aliphatic heterocycles. The molecule has 7 heteroatoms. The number of nitrogens with one attached hydrogen (secondary N) is 2. The van der Waals surface area contributed by atoms with E-state index in [0.29, 0.717) is 22.7 Å². The van der Waals surface area contributed by atoms with Crippen LogP contribution in [0.25, 0.3) is 16.9 Å². The van der Waals surface area contributed by atoms with Crippen LogP contribution >= 0.6 is 0 Å². The SMILES string of the molecule is CC12CCC(C)(CC(CNc3ccc(-c4ccc(-n5ccc(C#N)c5)cc4O)nn3)C1)N2. The van der Waals surface area contributed by atoms with Gasteiger partial charge in [0.2, 0.25) is 0 Å². The van der Waals surface area contributed by atoms with Crippen LogP contribution in [0.3, 0.4) is 0 Å². The van der Waals surface area contributed by atoms with Crippen LogP contribution < -0.4 is 10.6 Å². The Morgan fingerprint density at radius 1 is 1.16 bits per heavy atom. The van der Waals surface area contributed by atoms with Gasteiger partial charge in [-0.3, -0.25) is 0 Å². The maximum atomic E-state index is 10.5. The fourth-order valence-electron chi connectivity index (χ4n) is 5.54. The summed E-state index contributed by atoms with van der Waals surface area (Å²) in [7, 11) is 0. The first-order chi connectivity index (χ1) is 15.3. The van der Waals surface area contributed by atoms with E-state index in [1.54, 1.807) is 29.1 Å².